The van der Waals surface area contributed by atoms with Gasteiger partial charge in [0.05, 0.1) is 0 Å². The Morgan fingerprint density at radius 1 is 1.17 bits per heavy atom. The van der Waals surface area contributed by atoms with E-state index in [4.69, 9.17) is 0 Å². The number of nitrogens with zero attached hydrogens (tertiary/aromatic N) is 2. The molecule has 1 saturated heterocycles. The highest BCUT2D eigenvalue weighted by Gasteiger charge is 2.20. The van der Waals surface area contributed by atoms with Crippen LogP contribution in [0.2, 0.25) is 0 Å². The molecule has 1 unspecified atom stereocenters. The minimum Gasteiger partial charge on any atom is -0.369 e. The lowest BCUT2D eigenvalue weighted by atomic mass is 10.0. The lowest BCUT2D eigenvalue weighted by Crippen LogP contribution is -2.51. The normalized spacial score (nSPS) is 16.4. The predicted molar refractivity (Wildman–Crippen MR) is 135 cm³/mol. The first-order valence-corrected chi connectivity index (χ1v) is 10.3. The summed E-state index contributed by atoms with van der Waals surface area (Å²) in [5.74, 6) is 0.768. The van der Waals surface area contributed by atoms with Gasteiger partial charge in [-0.05, 0) is 49.1 Å². The van der Waals surface area contributed by atoms with Gasteiger partial charge in [0.25, 0.3) is 5.91 Å². The Morgan fingerprint density at radius 2 is 1.97 bits per heavy atom. The van der Waals surface area contributed by atoms with Crippen molar-refractivity contribution in [2.24, 2.45) is 4.99 Å². The molecule has 1 heterocycles. The molecule has 1 fully saturated rings. The Hall–Kier alpha value is -2.29. The van der Waals surface area contributed by atoms with Gasteiger partial charge in [0, 0.05) is 51.0 Å². The van der Waals surface area contributed by atoms with Crippen LogP contribution in [0.25, 0.3) is 0 Å². The van der Waals surface area contributed by atoms with Crippen molar-refractivity contribution in [3.63, 3.8) is 0 Å². The molecule has 0 saturated carbocycles. The number of benzene rings is 2. The van der Waals surface area contributed by atoms with Gasteiger partial charge >= 0.3 is 0 Å². The van der Waals surface area contributed by atoms with Crippen LogP contribution >= 0.6 is 24.0 Å². The summed E-state index contributed by atoms with van der Waals surface area (Å²) in [5, 5.41) is 9.63. The molecule has 2 aromatic rings. The van der Waals surface area contributed by atoms with E-state index in [1.54, 1.807) is 14.1 Å². The minimum absolute atomic E-state index is 0. The first-order chi connectivity index (χ1) is 14.2. The van der Waals surface area contributed by atoms with Crippen molar-refractivity contribution in [1.29, 1.82) is 0 Å². The van der Waals surface area contributed by atoms with E-state index in [9.17, 15) is 4.79 Å². The van der Waals surface area contributed by atoms with E-state index in [1.807, 2.05) is 24.3 Å². The lowest BCUT2D eigenvalue weighted by Gasteiger charge is -2.35. The summed E-state index contributed by atoms with van der Waals surface area (Å²) in [6, 6.07) is 18.7. The fourth-order valence-corrected chi connectivity index (χ4v) is 3.69. The van der Waals surface area contributed by atoms with E-state index < -0.39 is 0 Å². The molecule has 1 aliphatic rings. The molecule has 30 heavy (non-hydrogen) atoms. The number of hydrogen-bond donors (Lipinski definition) is 3. The Bertz CT molecular complexity index is 827. The third kappa shape index (κ3) is 6.90. The van der Waals surface area contributed by atoms with Gasteiger partial charge in [-0.15, -0.1) is 24.0 Å². The van der Waals surface area contributed by atoms with Gasteiger partial charge in [0.1, 0.15) is 0 Å². The molecule has 0 bridgehead atoms. The van der Waals surface area contributed by atoms with Crippen molar-refractivity contribution in [2.75, 3.05) is 38.6 Å². The third-order valence-electron chi connectivity index (χ3n) is 5.23. The van der Waals surface area contributed by atoms with E-state index in [0.29, 0.717) is 11.6 Å². The number of amides is 1. The molecular formula is C23H32IN5O. The second-order valence-electron chi connectivity index (χ2n) is 7.29. The summed E-state index contributed by atoms with van der Waals surface area (Å²) >= 11 is 0. The van der Waals surface area contributed by atoms with Gasteiger partial charge in [-0.3, -0.25) is 9.79 Å². The number of hydrogen-bond acceptors (Lipinski definition) is 3. The molecule has 1 aliphatic heterocycles. The number of carbonyl (C=O) groups excluding carboxylic acids is 1. The maximum atomic E-state index is 11.8. The molecule has 3 N–H and O–H groups in total. The molecule has 1 amide bonds. The maximum Gasteiger partial charge on any atom is 0.251 e. The van der Waals surface area contributed by atoms with Gasteiger partial charge in [-0.25, -0.2) is 0 Å². The van der Waals surface area contributed by atoms with Crippen LogP contribution in [0.15, 0.2) is 59.6 Å². The molecule has 162 valence electrons. The van der Waals surface area contributed by atoms with Crippen molar-refractivity contribution in [3.05, 3.63) is 65.7 Å². The number of aliphatic imine (C=N–C) groups is 1. The van der Waals surface area contributed by atoms with Crippen molar-refractivity contribution in [3.8, 4) is 0 Å². The van der Waals surface area contributed by atoms with Crippen LogP contribution in [-0.2, 0) is 6.42 Å². The van der Waals surface area contributed by atoms with E-state index >= 15 is 0 Å². The van der Waals surface area contributed by atoms with Gasteiger partial charge in [0.15, 0.2) is 5.96 Å². The largest absolute Gasteiger partial charge is 0.369 e. The fourth-order valence-electron chi connectivity index (χ4n) is 3.69. The van der Waals surface area contributed by atoms with Gasteiger partial charge in [-0.1, -0.05) is 30.3 Å². The average Bonchev–Trinajstić information content (AvgIpc) is 2.79. The Kier molecular flexibility index (Phi) is 9.93. The Balaban J connectivity index is 0.00000320. The predicted octanol–water partition coefficient (Wildman–Crippen LogP) is 3.04. The second kappa shape index (κ2) is 12.4. The number of piperidine rings is 1. The highest BCUT2D eigenvalue weighted by molar-refractivity contribution is 14.0. The number of guanidine groups is 1. The van der Waals surface area contributed by atoms with E-state index in [1.165, 1.54) is 5.69 Å². The zero-order valence-electron chi connectivity index (χ0n) is 17.7. The van der Waals surface area contributed by atoms with Crippen molar-refractivity contribution >= 4 is 41.5 Å². The summed E-state index contributed by atoms with van der Waals surface area (Å²) in [5.41, 5.74) is 3.09. The first kappa shape index (κ1) is 24.0. The molecular weight excluding hydrogens is 489 g/mol. The maximum absolute atomic E-state index is 11.8. The lowest BCUT2D eigenvalue weighted by molar-refractivity contribution is 0.0963. The molecule has 0 aliphatic carbocycles. The van der Waals surface area contributed by atoms with Crippen molar-refractivity contribution in [2.45, 2.75) is 25.3 Å². The molecule has 2 aromatic carbocycles. The van der Waals surface area contributed by atoms with E-state index in [0.717, 1.165) is 50.4 Å². The highest BCUT2D eigenvalue weighted by atomic mass is 127. The molecule has 0 radical (unpaired) electrons. The molecule has 1 atom stereocenters. The van der Waals surface area contributed by atoms with E-state index in [2.05, 4.69) is 56.2 Å². The van der Waals surface area contributed by atoms with Gasteiger partial charge in [0.2, 0.25) is 0 Å². The van der Waals surface area contributed by atoms with Crippen LogP contribution in [0.5, 0.6) is 0 Å². The Labute approximate surface area is 196 Å². The monoisotopic (exact) mass is 521 g/mol. The molecule has 0 spiro atoms. The number of nitrogens with one attached hydrogen (secondary N) is 3. The van der Waals surface area contributed by atoms with Crippen LogP contribution in [0.1, 0.15) is 28.8 Å². The molecule has 0 aromatic heterocycles. The van der Waals surface area contributed by atoms with Crippen LogP contribution in [0.3, 0.4) is 0 Å². The summed E-state index contributed by atoms with van der Waals surface area (Å²) in [7, 11) is 3.45. The average molecular weight is 521 g/mol. The smallest absolute Gasteiger partial charge is 0.251 e. The molecule has 3 rings (SSSR count). The SMILES string of the molecule is CN=C(NCCc1cccc(C(=O)NC)c1)NC1CCCN(c2ccccc2)C1.I. The van der Waals surface area contributed by atoms with E-state index in [-0.39, 0.29) is 29.9 Å². The van der Waals surface area contributed by atoms with Crippen LogP contribution in [-0.4, -0.2) is 51.6 Å². The van der Waals surface area contributed by atoms with Crippen molar-refractivity contribution < 1.29 is 4.79 Å². The van der Waals surface area contributed by atoms with Crippen LogP contribution in [0, 0.1) is 0 Å². The summed E-state index contributed by atoms with van der Waals surface area (Å²) in [6.45, 7) is 2.82. The molecule has 6 nitrogen and oxygen atoms in total. The van der Waals surface area contributed by atoms with Gasteiger partial charge < -0.3 is 20.9 Å². The number of carbonyl (C=O) groups is 1. The number of halogens is 1. The fraction of sp³-hybridized carbons (Fsp3) is 0.391. The van der Waals surface area contributed by atoms with Crippen LogP contribution in [0.4, 0.5) is 5.69 Å². The summed E-state index contributed by atoms with van der Waals surface area (Å²) in [6.07, 6.45) is 3.13. The first-order valence-electron chi connectivity index (χ1n) is 10.3. The standard InChI is InChI=1S/C23H31N5O.HI/c1-24-22(29)19-9-6-8-18(16-19)13-14-26-23(25-2)27-20-10-7-15-28(17-20)21-11-4-3-5-12-21;/h3-6,8-9,11-12,16,20H,7,10,13-15,17H2,1-2H3,(H,24,29)(H2,25,26,27);1H. The summed E-state index contributed by atoms with van der Waals surface area (Å²) in [4.78, 5) is 18.6. The minimum atomic E-state index is -0.0578. The highest BCUT2D eigenvalue weighted by Crippen LogP contribution is 2.19. The number of anilines is 1. The molecule has 7 heteroatoms. The Morgan fingerprint density at radius 3 is 2.70 bits per heavy atom. The van der Waals surface area contributed by atoms with Crippen LogP contribution < -0.4 is 20.9 Å². The second-order valence-corrected chi connectivity index (χ2v) is 7.29. The zero-order chi connectivity index (χ0) is 20.5. The third-order valence-corrected chi connectivity index (χ3v) is 5.23. The topological polar surface area (TPSA) is 68.8 Å². The van der Waals surface area contributed by atoms with Gasteiger partial charge in [-0.2, -0.15) is 0 Å². The quantitative estimate of drug-likeness (QED) is 0.311. The summed E-state index contributed by atoms with van der Waals surface area (Å²) < 4.78 is 0. The number of rotatable bonds is 6. The number of para-hydroxylation sites is 1. The zero-order valence-corrected chi connectivity index (χ0v) is 20.1. The van der Waals surface area contributed by atoms with Crippen molar-refractivity contribution in [1.82, 2.24) is 16.0 Å².